The number of hydrogen-bond acceptors (Lipinski definition) is 4. The molecule has 0 aliphatic heterocycles. The summed E-state index contributed by atoms with van der Waals surface area (Å²) in [5.74, 6) is 1.98. The van der Waals surface area contributed by atoms with E-state index in [9.17, 15) is 4.79 Å². The molecule has 2 aromatic carbocycles. The molecule has 150 valence electrons. The molecule has 3 rings (SSSR count). The van der Waals surface area contributed by atoms with Gasteiger partial charge in [-0.15, -0.1) is 0 Å². The van der Waals surface area contributed by atoms with Gasteiger partial charge in [0.2, 0.25) is 5.91 Å². The number of carbonyl (C=O) groups excluding carboxylic acids is 1. The molecule has 1 aliphatic carbocycles. The Balaban J connectivity index is 1.73. The second-order valence-corrected chi connectivity index (χ2v) is 7.50. The Kier molecular flexibility index (Phi) is 6.93. The molecule has 3 N–H and O–H groups in total. The molecule has 0 aromatic heterocycles. The van der Waals surface area contributed by atoms with Crippen LogP contribution in [0.15, 0.2) is 48.5 Å². The summed E-state index contributed by atoms with van der Waals surface area (Å²) in [6.45, 7) is 0. The van der Waals surface area contributed by atoms with Gasteiger partial charge in [0.05, 0.1) is 20.3 Å². The zero-order valence-electron chi connectivity index (χ0n) is 16.7. The van der Waals surface area contributed by atoms with Crippen LogP contribution >= 0.6 is 0 Å². The fourth-order valence-corrected chi connectivity index (χ4v) is 3.90. The van der Waals surface area contributed by atoms with E-state index in [1.54, 1.807) is 14.2 Å². The lowest BCUT2D eigenvalue weighted by molar-refractivity contribution is -0.122. The first-order valence-electron chi connectivity index (χ1n) is 9.91. The van der Waals surface area contributed by atoms with Crippen molar-refractivity contribution in [2.24, 2.45) is 11.7 Å². The number of nitrogens with one attached hydrogen (secondary N) is 1. The summed E-state index contributed by atoms with van der Waals surface area (Å²) in [6.07, 6.45) is 4.38. The summed E-state index contributed by atoms with van der Waals surface area (Å²) < 4.78 is 10.5. The third kappa shape index (κ3) is 5.26. The molecule has 0 heterocycles. The van der Waals surface area contributed by atoms with Crippen molar-refractivity contribution in [3.63, 3.8) is 0 Å². The Hall–Kier alpha value is -2.53. The molecule has 2 aromatic rings. The predicted molar refractivity (Wildman–Crippen MR) is 111 cm³/mol. The second kappa shape index (κ2) is 9.60. The van der Waals surface area contributed by atoms with Crippen LogP contribution in [-0.4, -0.2) is 26.2 Å². The van der Waals surface area contributed by atoms with Crippen molar-refractivity contribution in [1.82, 2.24) is 5.32 Å². The Labute approximate surface area is 167 Å². The van der Waals surface area contributed by atoms with Crippen LogP contribution in [0.5, 0.6) is 11.5 Å². The number of ether oxygens (including phenoxy) is 2. The van der Waals surface area contributed by atoms with Gasteiger partial charge in [-0.2, -0.15) is 0 Å². The lowest BCUT2D eigenvalue weighted by atomic mass is 9.96. The number of hydrogen-bond donors (Lipinski definition) is 2. The van der Waals surface area contributed by atoms with Gasteiger partial charge in [-0.1, -0.05) is 30.7 Å². The molecule has 0 saturated heterocycles. The van der Waals surface area contributed by atoms with Crippen LogP contribution in [0, 0.1) is 5.92 Å². The first-order chi connectivity index (χ1) is 13.6. The van der Waals surface area contributed by atoms with Crippen LogP contribution in [0.1, 0.15) is 42.9 Å². The number of rotatable bonds is 8. The van der Waals surface area contributed by atoms with Gasteiger partial charge >= 0.3 is 0 Å². The Morgan fingerprint density at radius 1 is 1.04 bits per heavy atom. The molecule has 1 saturated carbocycles. The Bertz CT molecular complexity index is 758. The summed E-state index contributed by atoms with van der Waals surface area (Å²) in [4.78, 5) is 12.7. The minimum Gasteiger partial charge on any atom is -0.497 e. The van der Waals surface area contributed by atoms with Crippen LogP contribution in [0.3, 0.4) is 0 Å². The molecule has 1 fully saturated rings. The lowest BCUT2D eigenvalue weighted by Gasteiger charge is -2.22. The molecule has 5 heteroatoms. The fraction of sp³-hybridized carbons (Fsp3) is 0.435. The molecular formula is C23H30N2O3. The van der Waals surface area contributed by atoms with Crippen molar-refractivity contribution >= 4 is 5.91 Å². The SMILES string of the molecule is COc1ccc(CC(NC(=O)C[C@@H]2CCC[C@H]2N)c2ccc(OC)cc2)cc1. The van der Waals surface area contributed by atoms with Crippen molar-refractivity contribution in [3.05, 3.63) is 59.7 Å². The molecule has 5 nitrogen and oxygen atoms in total. The molecule has 0 spiro atoms. The average Bonchev–Trinajstić information content (AvgIpc) is 3.12. The number of carbonyl (C=O) groups is 1. The van der Waals surface area contributed by atoms with Crippen LogP contribution in [0.4, 0.5) is 0 Å². The van der Waals surface area contributed by atoms with E-state index >= 15 is 0 Å². The molecule has 28 heavy (non-hydrogen) atoms. The van der Waals surface area contributed by atoms with E-state index < -0.39 is 0 Å². The van der Waals surface area contributed by atoms with Crippen molar-refractivity contribution in [2.45, 2.75) is 44.2 Å². The molecule has 0 radical (unpaired) electrons. The summed E-state index contributed by atoms with van der Waals surface area (Å²) in [7, 11) is 3.31. The minimum atomic E-state index is -0.107. The van der Waals surface area contributed by atoms with Crippen LogP contribution in [0.25, 0.3) is 0 Å². The van der Waals surface area contributed by atoms with Gasteiger partial charge in [0.15, 0.2) is 0 Å². The lowest BCUT2D eigenvalue weighted by Crippen LogP contribution is -2.34. The molecule has 1 amide bonds. The number of amides is 1. The highest BCUT2D eigenvalue weighted by atomic mass is 16.5. The zero-order valence-corrected chi connectivity index (χ0v) is 16.7. The number of nitrogens with two attached hydrogens (primary N) is 1. The van der Waals surface area contributed by atoms with Crippen LogP contribution < -0.4 is 20.5 Å². The molecular weight excluding hydrogens is 352 g/mol. The van der Waals surface area contributed by atoms with Crippen molar-refractivity contribution in [2.75, 3.05) is 14.2 Å². The quantitative estimate of drug-likeness (QED) is 0.731. The monoisotopic (exact) mass is 382 g/mol. The maximum atomic E-state index is 12.7. The maximum absolute atomic E-state index is 12.7. The highest BCUT2D eigenvalue weighted by Gasteiger charge is 2.27. The number of methoxy groups -OCH3 is 2. The van der Waals surface area contributed by atoms with Crippen molar-refractivity contribution in [1.29, 1.82) is 0 Å². The van der Waals surface area contributed by atoms with Gasteiger partial charge in [-0.05, 0) is 60.6 Å². The van der Waals surface area contributed by atoms with E-state index in [1.807, 2.05) is 48.5 Å². The van der Waals surface area contributed by atoms with E-state index in [0.29, 0.717) is 12.8 Å². The zero-order chi connectivity index (χ0) is 19.9. The molecule has 1 aliphatic rings. The fourth-order valence-electron chi connectivity index (χ4n) is 3.90. The van der Waals surface area contributed by atoms with Gasteiger partial charge in [0, 0.05) is 12.5 Å². The smallest absolute Gasteiger partial charge is 0.220 e. The summed E-state index contributed by atoms with van der Waals surface area (Å²) in [5.41, 5.74) is 8.34. The Morgan fingerprint density at radius 2 is 1.64 bits per heavy atom. The highest BCUT2D eigenvalue weighted by molar-refractivity contribution is 5.77. The first kappa shape index (κ1) is 20.2. The van der Waals surface area contributed by atoms with Gasteiger partial charge in [0.1, 0.15) is 11.5 Å². The van der Waals surface area contributed by atoms with Gasteiger partial charge < -0.3 is 20.5 Å². The first-order valence-corrected chi connectivity index (χ1v) is 9.91. The molecule has 1 unspecified atom stereocenters. The van der Waals surface area contributed by atoms with E-state index in [1.165, 1.54) is 0 Å². The summed E-state index contributed by atoms with van der Waals surface area (Å²) >= 11 is 0. The Morgan fingerprint density at radius 3 is 2.18 bits per heavy atom. The highest BCUT2D eigenvalue weighted by Crippen LogP contribution is 2.28. The predicted octanol–water partition coefficient (Wildman–Crippen LogP) is 3.62. The second-order valence-electron chi connectivity index (χ2n) is 7.50. The van der Waals surface area contributed by atoms with Crippen LogP contribution in [0.2, 0.25) is 0 Å². The van der Waals surface area contributed by atoms with E-state index in [0.717, 1.165) is 41.9 Å². The van der Waals surface area contributed by atoms with E-state index in [2.05, 4.69) is 5.32 Å². The third-order valence-electron chi connectivity index (χ3n) is 5.62. The molecule has 0 bridgehead atoms. The molecule has 3 atom stereocenters. The normalized spacial score (nSPS) is 19.8. The van der Waals surface area contributed by atoms with Gasteiger partial charge in [0.25, 0.3) is 0 Å². The number of benzene rings is 2. The van der Waals surface area contributed by atoms with E-state index in [-0.39, 0.29) is 23.9 Å². The summed E-state index contributed by atoms with van der Waals surface area (Å²) in [6, 6.07) is 15.9. The standard InChI is InChI=1S/C23H30N2O3/c1-27-19-10-6-16(7-11-19)14-22(17-8-12-20(28-2)13-9-17)25-23(26)15-18-4-3-5-21(18)24/h6-13,18,21-22H,3-5,14-15,24H2,1-2H3,(H,25,26)/t18-,21+,22?/m0/s1. The van der Waals surface area contributed by atoms with Crippen molar-refractivity contribution in [3.8, 4) is 11.5 Å². The summed E-state index contributed by atoms with van der Waals surface area (Å²) in [5, 5.41) is 3.23. The van der Waals surface area contributed by atoms with Gasteiger partial charge in [-0.3, -0.25) is 4.79 Å². The minimum absolute atomic E-state index is 0.0664. The largest absolute Gasteiger partial charge is 0.497 e. The average molecular weight is 383 g/mol. The third-order valence-corrected chi connectivity index (χ3v) is 5.62. The van der Waals surface area contributed by atoms with E-state index in [4.69, 9.17) is 15.2 Å². The van der Waals surface area contributed by atoms with Crippen molar-refractivity contribution < 1.29 is 14.3 Å². The van der Waals surface area contributed by atoms with Gasteiger partial charge in [-0.25, -0.2) is 0 Å². The van der Waals surface area contributed by atoms with Crippen LogP contribution in [-0.2, 0) is 11.2 Å². The topological polar surface area (TPSA) is 73.6 Å². The maximum Gasteiger partial charge on any atom is 0.220 e.